The first-order valence-corrected chi connectivity index (χ1v) is 7.56. The SMILES string of the molecule is CC(C)NCCc1nc(CSc2ccccc2F)no1. The van der Waals surface area contributed by atoms with Crippen molar-refractivity contribution in [3.05, 3.63) is 41.8 Å². The van der Waals surface area contributed by atoms with Crippen molar-refractivity contribution in [1.82, 2.24) is 15.5 Å². The Morgan fingerprint density at radius 1 is 1.35 bits per heavy atom. The molecule has 0 saturated carbocycles. The maximum Gasteiger partial charge on any atom is 0.227 e. The summed E-state index contributed by atoms with van der Waals surface area (Å²) in [5.41, 5.74) is 0. The van der Waals surface area contributed by atoms with E-state index in [0.717, 1.165) is 6.54 Å². The summed E-state index contributed by atoms with van der Waals surface area (Å²) in [6, 6.07) is 7.11. The molecule has 1 N–H and O–H groups in total. The molecule has 1 heterocycles. The van der Waals surface area contributed by atoms with Crippen LogP contribution in [0.5, 0.6) is 0 Å². The molecule has 0 radical (unpaired) electrons. The Hall–Kier alpha value is -1.40. The summed E-state index contributed by atoms with van der Waals surface area (Å²) in [4.78, 5) is 4.89. The van der Waals surface area contributed by atoms with E-state index in [1.807, 2.05) is 6.07 Å². The molecule has 0 unspecified atom stereocenters. The summed E-state index contributed by atoms with van der Waals surface area (Å²) in [6.07, 6.45) is 0.704. The topological polar surface area (TPSA) is 51.0 Å². The molecule has 0 atom stereocenters. The van der Waals surface area contributed by atoms with E-state index in [-0.39, 0.29) is 5.82 Å². The van der Waals surface area contributed by atoms with Crippen molar-refractivity contribution in [3.8, 4) is 0 Å². The Labute approximate surface area is 122 Å². The molecule has 6 heteroatoms. The smallest absolute Gasteiger partial charge is 0.227 e. The Morgan fingerprint density at radius 3 is 2.90 bits per heavy atom. The van der Waals surface area contributed by atoms with Gasteiger partial charge < -0.3 is 9.84 Å². The molecular weight excluding hydrogens is 277 g/mol. The largest absolute Gasteiger partial charge is 0.339 e. The predicted octanol–water partition coefficient (Wildman–Crippen LogP) is 3.04. The summed E-state index contributed by atoms with van der Waals surface area (Å²) in [5.74, 6) is 1.49. The molecule has 0 saturated heterocycles. The Balaban J connectivity index is 1.82. The van der Waals surface area contributed by atoms with Gasteiger partial charge in [0, 0.05) is 23.9 Å². The van der Waals surface area contributed by atoms with E-state index in [1.54, 1.807) is 12.1 Å². The second-order valence-corrected chi connectivity index (χ2v) is 5.70. The molecule has 0 amide bonds. The number of nitrogens with zero attached hydrogens (tertiary/aromatic N) is 2. The zero-order valence-electron chi connectivity index (χ0n) is 11.6. The fourth-order valence-electron chi connectivity index (χ4n) is 1.62. The lowest BCUT2D eigenvalue weighted by Gasteiger charge is -2.04. The average Bonchev–Trinajstić information content (AvgIpc) is 2.85. The van der Waals surface area contributed by atoms with Gasteiger partial charge in [-0.1, -0.05) is 31.1 Å². The molecule has 1 aromatic carbocycles. The molecular formula is C14H18FN3OS. The van der Waals surface area contributed by atoms with Crippen LogP contribution in [-0.4, -0.2) is 22.7 Å². The number of aromatic nitrogens is 2. The van der Waals surface area contributed by atoms with Gasteiger partial charge in [-0.2, -0.15) is 4.98 Å². The first-order valence-electron chi connectivity index (χ1n) is 6.57. The van der Waals surface area contributed by atoms with Gasteiger partial charge in [-0.25, -0.2) is 4.39 Å². The first kappa shape index (κ1) is 15.0. The Morgan fingerprint density at radius 2 is 2.15 bits per heavy atom. The highest BCUT2D eigenvalue weighted by molar-refractivity contribution is 7.98. The highest BCUT2D eigenvalue weighted by atomic mass is 32.2. The van der Waals surface area contributed by atoms with Gasteiger partial charge in [0.05, 0.1) is 5.75 Å². The van der Waals surface area contributed by atoms with E-state index in [4.69, 9.17) is 4.52 Å². The zero-order valence-corrected chi connectivity index (χ0v) is 12.4. The molecule has 0 aliphatic carbocycles. The van der Waals surface area contributed by atoms with Gasteiger partial charge >= 0.3 is 0 Å². The lowest BCUT2D eigenvalue weighted by Crippen LogP contribution is -2.25. The van der Waals surface area contributed by atoms with E-state index < -0.39 is 0 Å². The minimum atomic E-state index is -0.220. The number of rotatable bonds is 7. The minimum Gasteiger partial charge on any atom is -0.339 e. The van der Waals surface area contributed by atoms with E-state index in [1.165, 1.54) is 17.8 Å². The number of benzene rings is 1. The molecule has 4 nitrogen and oxygen atoms in total. The van der Waals surface area contributed by atoms with Crippen LogP contribution in [0.4, 0.5) is 4.39 Å². The van der Waals surface area contributed by atoms with Gasteiger partial charge in [-0.15, -0.1) is 11.8 Å². The maximum absolute atomic E-state index is 13.4. The number of hydrogen-bond donors (Lipinski definition) is 1. The lowest BCUT2D eigenvalue weighted by molar-refractivity contribution is 0.370. The lowest BCUT2D eigenvalue weighted by atomic mass is 10.3. The quantitative estimate of drug-likeness (QED) is 0.796. The van der Waals surface area contributed by atoms with Crippen LogP contribution in [0.1, 0.15) is 25.6 Å². The molecule has 0 fully saturated rings. The second kappa shape index (κ2) is 7.40. The van der Waals surface area contributed by atoms with Crippen molar-refractivity contribution in [2.45, 2.75) is 37.0 Å². The molecule has 0 bridgehead atoms. The summed E-state index contributed by atoms with van der Waals surface area (Å²) < 4.78 is 18.6. The number of nitrogens with one attached hydrogen (secondary N) is 1. The summed E-state index contributed by atoms with van der Waals surface area (Å²) >= 11 is 1.37. The molecule has 0 aliphatic heterocycles. The Kier molecular flexibility index (Phi) is 5.55. The molecule has 1 aromatic heterocycles. The second-order valence-electron chi connectivity index (χ2n) is 4.68. The number of hydrogen-bond acceptors (Lipinski definition) is 5. The van der Waals surface area contributed by atoms with Crippen molar-refractivity contribution >= 4 is 11.8 Å². The van der Waals surface area contributed by atoms with Gasteiger partial charge in [0.25, 0.3) is 0 Å². The van der Waals surface area contributed by atoms with Crippen molar-refractivity contribution in [3.63, 3.8) is 0 Å². The third-order valence-corrected chi connectivity index (χ3v) is 3.64. The van der Waals surface area contributed by atoms with Crippen LogP contribution in [-0.2, 0) is 12.2 Å². The highest BCUT2D eigenvalue weighted by Crippen LogP contribution is 2.24. The first-order chi connectivity index (χ1) is 9.65. The van der Waals surface area contributed by atoms with Gasteiger partial charge in [-0.3, -0.25) is 0 Å². The zero-order chi connectivity index (χ0) is 14.4. The summed E-state index contributed by atoms with van der Waals surface area (Å²) in [6.45, 7) is 4.98. The molecule has 2 aromatic rings. The molecule has 2 rings (SSSR count). The van der Waals surface area contributed by atoms with Crippen LogP contribution < -0.4 is 5.32 Å². The van der Waals surface area contributed by atoms with Crippen LogP contribution in [0, 0.1) is 5.82 Å². The van der Waals surface area contributed by atoms with Gasteiger partial charge in [0.1, 0.15) is 5.82 Å². The van der Waals surface area contributed by atoms with Crippen LogP contribution in [0.3, 0.4) is 0 Å². The van der Waals surface area contributed by atoms with Crippen LogP contribution in [0.2, 0.25) is 0 Å². The highest BCUT2D eigenvalue weighted by Gasteiger charge is 2.08. The number of halogens is 1. The fourth-order valence-corrected chi connectivity index (χ4v) is 2.40. The molecule has 20 heavy (non-hydrogen) atoms. The minimum absolute atomic E-state index is 0.220. The fraction of sp³-hybridized carbons (Fsp3) is 0.429. The standard InChI is InChI=1S/C14H18FN3OS/c1-10(2)16-8-7-14-17-13(18-19-14)9-20-12-6-4-3-5-11(12)15/h3-6,10,16H,7-9H2,1-2H3. The van der Waals surface area contributed by atoms with Gasteiger partial charge in [-0.05, 0) is 12.1 Å². The monoisotopic (exact) mass is 295 g/mol. The van der Waals surface area contributed by atoms with Crippen molar-refractivity contribution < 1.29 is 8.91 Å². The van der Waals surface area contributed by atoms with Crippen LogP contribution in [0.15, 0.2) is 33.7 Å². The summed E-state index contributed by atoms with van der Waals surface area (Å²) in [7, 11) is 0. The normalized spacial score (nSPS) is 11.2. The number of thioether (sulfide) groups is 1. The Bertz CT molecular complexity index is 545. The van der Waals surface area contributed by atoms with Gasteiger partial charge in [0.15, 0.2) is 5.82 Å². The van der Waals surface area contributed by atoms with Crippen molar-refractivity contribution in [2.24, 2.45) is 0 Å². The average molecular weight is 295 g/mol. The predicted molar refractivity (Wildman–Crippen MR) is 77.1 cm³/mol. The van der Waals surface area contributed by atoms with Crippen LogP contribution >= 0.6 is 11.8 Å². The van der Waals surface area contributed by atoms with E-state index in [0.29, 0.717) is 34.8 Å². The van der Waals surface area contributed by atoms with E-state index in [9.17, 15) is 4.39 Å². The van der Waals surface area contributed by atoms with Crippen LogP contribution in [0.25, 0.3) is 0 Å². The molecule has 108 valence electrons. The van der Waals surface area contributed by atoms with Crippen molar-refractivity contribution in [2.75, 3.05) is 6.54 Å². The van der Waals surface area contributed by atoms with E-state index >= 15 is 0 Å². The third kappa shape index (κ3) is 4.61. The van der Waals surface area contributed by atoms with Crippen molar-refractivity contribution in [1.29, 1.82) is 0 Å². The summed E-state index contributed by atoms with van der Waals surface area (Å²) in [5, 5.41) is 7.19. The van der Waals surface area contributed by atoms with E-state index in [2.05, 4.69) is 29.3 Å². The molecule has 0 spiro atoms. The van der Waals surface area contributed by atoms with Gasteiger partial charge in [0.2, 0.25) is 5.89 Å². The molecule has 0 aliphatic rings. The maximum atomic E-state index is 13.4. The third-order valence-electron chi connectivity index (χ3n) is 2.60.